The molecule has 1 aromatic heterocycles. The molecule has 0 N–H and O–H groups in total. The summed E-state index contributed by atoms with van der Waals surface area (Å²) in [7, 11) is -4.49. The number of hydrogen-bond donors (Lipinski definition) is 0. The van der Waals surface area contributed by atoms with Crippen LogP contribution < -0.4 is 0 Å². The van der Waals surface area contributed by atoms with E-state index in [0.717, 1.165) is 10.5 Å². The predicted octanol–water partition coefficient (Wildman–Crippen LogP) is 3.98. The van der Waals surface area contributed by atoms with E-state index in [2.05, 4.69) is 31.9 Å². The fourth-order valence-electron chi connectivity index (χ4n) is 4.91. The lowest BCUT2D eigenvalue weighted by Crippen LogP contribution is -2.63. The Kier molecular flexibility index (Phi) is 5.77. The minimum atomic E-state index is -4.49. The molecule has 0 bridgehead atoms. The zero-order chi connectivity index (χ0) is 25.3. The fourth-order valence-corrected chi connectivity index (χ4v) is 6.76. The van der Waals surface area contributed by atoms with Crippen LogP contribution in [-0.2, 0) is 19.1 Å². The number of aromatic nitrogens is 1. The molecule has 1 aromatic carbocycles. The molecular weight excluding hydrogens is 612 g/mol. The van der Waals surface area contributed by atoms with Crippen LogP contribution in [0.2, 0.25) is 0 Å². The molecule has 1 spiro atoms. The Hall–Kier alpha value is -2.42. The minimum Gasteiger partial charge on any atom is -0.449 e. The fraction of sp³-hybridized carbons (Fsp3) is 0.381. The Labute approximate surface area is 217 Å². The molecule has 3 aliphatic heterocycles. The van der Waals surface area contributed by atoms with Gasteiger partial charge in [-0.25, -0.2) is 14.5 Å². The summed E-state index contributed by atoms with van der Waals surface area (Å²) in [6.07, 6.45) is -1.49. The van der Waals surface area contributed by atoms with Crippen LogP contribution in [0.4, 0.5) is 9.59 Å². The van der Waals surface area contributed by atoms with Crippen LogP contribution in [-0.4, -0.2) is 64.7 Å². The zero-order valence-corrected chi connectivity index (χ0v) is 22.6. The second kappa shape index (κ2) is 8.32. The monoisotopic (exact) mass is 630 g/mol. The Morgan fingerprint density at radius 1 is 1.20 bits per heavy atom. The molecule has 4 amide bonds. The van der Waals surface area contributed by atoms with Crippen LogP contribution in [0.3, 0.4) is 0 Å². The maximum atomic E-state index is 13.7. The van der Waals surface area contributed by atoms with Crippen molar-refractivity contribution in [2.24, 2.45) is 0 Å². The highest BCUT2D eigenvalue weighted by Gasteiger charge is 2.71. The van der Waals surface area contributed by atoms with Gasteiger partial charge in [-0.15, -0.1) is 4.28 Å². The normalized spacial score (nSPS) is 23.4. The number of fused-ring (bicyclic) bond motifs is 2. The maximum absolute atomic E-state index is 13.7. The second-order valence-electron chi connectivity index (χ2n) is 8.34. The highest BCUT2D eigenvalue weighted by molar-refractivity contribution is 9.13. The van der Waals surface area contributed by atoms with E-state index in [4.69, 9.17) is 9.02 Å². The van der Waals surface area contributed by atoms with E-state index in [1.165, 1.54) is 21.6 Å². The van der Waals surface area contributed by atoms with Crippen molar-refractivity contribution in [2.45, 2.75) is 43.4 Å². The quantitative estimate of drug-likeness (QED) is 0.501. The summed E-state index contributed by atoms with van der Waals surface area (Å²) in [4.78, 5) is 42.3. The van der Waals surface area contributed by atoms with E-state index < -0.39 is 40.0 Å². The number of urea groups is 1. The Morgan fingerprint density at radius 3 is 2.54 bits per heavy atom. The molecule has 0 radical (unpaired) electrons. The number of hydroxylamine groups is 2. The summed E-state index contributed by atoms with van der Waals surface area (Å²) in [5, 5.41) is 0.651. The van der Waals surface area contributed by atoms with Gasteiger partial charge in [0.1, 0.15) is 10.3 Å². The number of hydrogen-bond acceptors (Lipinski definition) is 7. The highest BCUT2D eigenvalue weighted by atomic mass is 79.9. The molecule has 2 saturated heterocycles. The number of imide groups is 1. The topological polar surface area (TPSA) is 118 Å². The van der Waals surface area contributed by atoms with Gasteiger partial charge in [-0.3, -0.25) is 4.79 Å². The van der Waals surface area contributed by atoms with E-state index >= 15 is 0 Å². The van der Waals surface area contributed by atoms with Crippen LogP contribution in [0, 0.1) is 6.92 Å². The van der Waals surface area contributed by atoms with Gasteiger partial charge in [-0.2, -0.15) is 13.5 Å². The van der Waals surface area contributed by atoms with Crippen molar-refractivity contribution in [3.05, 3.63) is 50.7 Å². The Balaban J connectivity index is 1.70. The van der Waals surface area contributed by atoms with Crippen LogP contribution >= 0.6 is 31.9 Å². The van der Waals surface area contributed by atoms with Crippen molar-refractivity contribution in [2.75, 3.05) is 13.2 Å². The standard InChI is InChI=1S/C21H20Br2N4O7S/c1-3-33-20(30)26-18-21(9-4-10-24(21)17(28)15-11-14(22)16(23)25(15)18)27(19(26)29)34-35(31,32)13-7-5-12(2)6-8-13/h5-8,11,18H,3-4,9-10H2,1-2H3/t18-,21+/m1/s1. The van der Waals surface area contributed by atoms with Gasteiger partial charge in [0.05, 0.1) is 16.0 Å². The highest BCUT2D eigenvalue weighted by Crippen LogP contribution is 2.55. The summed E-state index contributed by atoms with van der Waals surface area (Å²) in [6.45, 7) is 3.61. The van der Waals surface area contributed by atoms with Gasteiger partial charge in [0.2, 0.25) is 0 Å². The second-order valence-corrected chi connectivity index (χ2v) is 11.5. The molecule has 2 atom stereocenters. The van der Waals surface area contributed by atoms with E-state index in [-0.39, 0.29) is 30.2 Å². The first-order valence-electron chi connectivity index (χ1n) is 10.7. The molecule has 186 valence electrons. The van der Waals surface area contributed by atoms with Crippen molar-refractivity contribution in [1.29, 1.82) is 0 Å². The number of aryl methyl sites for hydroxylation is 1. The largest absolute Gasteiger partial charge is 0.449 e. The molecule has 35 heavy (non-hydrogen) atoms. The first-order chi connectivity index (χ1) is 16.5. The molecule has 5 rings (SSSR count). The van der Waals surface area contributed by atoms with Crippen molar-refractivity contribution in [3.63, 3.8) is 0 Å². The van der Waals surface area contributed by atoms with E-state index in [1.807, 2.05) is 0 Å². The van der Waals surface area contributed by atoms with Crippen molar-refractivity contribution in [3.8, 4) is 0 Å². The summed E-state index contributed by atoms with van der Waals surface area (Å²) in [6, 6.07) is 6.45. The van der Waals surface area contributed by atoms with Crippen molar-refractivity contribution >= 4 is 60.0 Å². The average molecular weight is 632 g/mol. The summed E-state index contributed by atoms with van der Waals surface area (Å²) < 4.78 is 39.5. The predicted molar refractivity (Wildman–Crippen MR) is 127 cm³/mol. The lowest BCUT2D eigenvalue weighted by atomic mass is 10.0. The summed E-state index contributed by atoms with van der Waals surface area (Å²) in [5.74, 6) is -0.426. The zero-order valence-electron chi connectivity index (χ0n) is 18.6. The SMILES string of the molecule is CCOC(=O)N1C(=O)N(OS(=O)(=O)c2ccc(C)cc2)[C@]23CCCN2C(=O)c2cc(Br)c(Br)n2[C@H]13. The minimum absolute atomic E-state index is 0.0170. The first-order valence-corrected chi connectivity index (χ1v) is 13.7. The van der Waals surface area contributed by atoms with Gasteiger partial charge < -0.3 is 14.2 Å². The van der Waals surface area contributed by atoms with Crippen LogP contribution in [0.25, 0.3) is 0 Å². The number of rotatable bonds is 4. The van der Waals surface area contributed by atoms with E-state index in [0.29, 0.717) is 20.6 Å². The molecular formula is C21H20Br2N4O7S. The molecule has 0 unspecified atom stereocenters. The molecule has 3 aliphatic rings. The van der Waals surface area contributed by atoms with Crippen molar-refractivity contribution in [1.82, 2.24) is 19.4 Å². The number of ether oxygens (including phenoxy) is 1. The van der Waals surface area contributed by atoms with E-state index in [9.17, 15) is 22.8 Å². The average Bonchev–Trinajstić information content (AvgIpc) is 3.44. The summed E-state index contributed by atoms with van der Waals surface area (Å²) in [5.41, 5.74) is -0.549. The van der Waals surface area contributed by atoms with Gasteiger partial charge >= 0.3 is 22.2 Å². The van der Waals surface area contributed by atoms with Gasteiger partial charge in [0.25, 0.3) is 5.91 Å². The number of nitrogens with zero attached hydrogens (tertiary/aromatic N) is 4. The third kappa shape index (κ3) is 3.37. The molecule has 0 aliphatic carbocycles. The van der Waals surface area contributed by atoms with Gasteiger partial charge in [-0.05, 0) is 76.7 Å². The summed E-state index contributed by atoms with van der Waals surface area (Å²) >= 11 is 6.81. The Bertz CT molecular complexity index is 1360. The number of halogens is 2. The number of carbonyl (C=O) groups excluding carboxylic acids is 3. The Morgan fingerprint density at radius 2 is 1.89 bits per heavy atom. The lowest BCUT2D eigenvalue weighted by Gasteiger charge is -2.46. The lowest BCUT2D eigenvalue weighted by molar-refractivity contribution is -0.144. The maximum Gasteiger partial charge on any atom is 0.419 e. The molecule has 0 saturated carbocycles. The third-order valence-corrected chi connectivity index (χ3v) is 9.51. The smallest absolute Gasteiger partial charge is 0.419 e. The molecule has 2 aromatic rings. The number of carbonyl (C=O) groups is 3. The van der Waals surface area contributed by atoms with Crippen LogP contribution in [0.15, 0.2) is 44.3 Å². The number of amides is 4. The van der Waals surface area contributed by atoms with E-state index in [1.54, 1.807) is 32.0 Å². The van der Waals surface area contributed by atoms with Gasteiger partial charge in [0.15, 0.2) is 11.8 Å². The third-order valence-electron chi connectivity index (χ3n) is 6.37. The van der Waals surface area contributed by atoms with Crippen molar-refractivity contribution < 1.29 is 31.8 Å². The number of benzene rings is 1. The molecule has 14 heteroatoms. The van der Waals surface area contributed by atoms with Crippen LogP contribution in [0.5, 0.6) is 0 Å². The molecule has 2 fully saturated rings. The molecule has 11 nitrogen and oxygen atoms in total. The van der Waals surface area contributed by atoms with Gasteiger partial charge in [-0.1, -0.05) is 17.7 Å². The van der Waals surface area contributed by atoms with Crippen LogP contribution in [0.1, 0.15) is 42.0 Å². The molecule has 4 heterocycles. The first kappa shape index (κ1) is 24.3. The van der Waals surface area contributed by atoms with Gasteiger partial charge in [0, 0.05) is 6.54 Å².